The average molecular weight is 230 g/mol. The Labute approximate surface area is 102 Å². The maximum absolute atomic E-state index is 12.0. The number of benzene rings is 1. The Morgan fingerprint density at radius 2 is 2.06 bits per heavy atom. The smallest absolute Gasteiger partial charge is 0.315 e. The molecule has 1 heterocycles. The molecule has 1 unspecified atom stereocenters. The molecule has 2 heteroatoms. The van der Waals surface area contributed by atoms with Gasteiger partial charge >= 0.3 is 5.97 Å². The van der Waals surface area contributed by atoms with E-state index < -0.39 is 0 Å². The molecule has 0 fully saturated rings. The van der Waals surface area contributed by atoms with Gasteiger partial charge in [0.25, 0.3) is 0 Å². The Morgan fingerprint density at radius 3 is 2.76 bits per heavy atom. The number of carbonyl (C=O) groups is 1. The molecular formula is C15H18O2. The van der Waals surface area contributed by atoms with E-state index in [2.05, 4.69) is 19.9 Å². The van der Waals surface area contributed by atoms with Crippen LogP contribution in [0.1, 0.15) is 26.3 Å². The Bertz CT molecular complexity index is 458. The minimum absolute atomic E-state index is 0.103. The van der Waals surface area contributed by atoms with Crippen molar-refractivity contribution in [1.82, 2.24) is 0 Å². The number of para-hydroxylation sites is 1. The lowest BCUT2D eigenvalue weighted by molar-refractivity contribution is -0.143. The zero-order chi connectivity index (χ0) is 12.5. The minimum Gasteiger partial charge on any atom is -0.426 e. The van der Waals surface area contributed by atoms with Crippen LogP contribution in [-0.2, 0) is 11.2 Å². The van der Waals surface area contributed by atoms with Crippen molar-refractivity contribution in [2.45, 2.75) is 27.2 Å². The normalized spacial score (nSPS) is 20.2. The van der Waals surface area contributed by atoms with E-state index in [1.165, 1.54) is 0 Å². The van der Waals surface area contributed by atoms with Crippen molar-refractivity contribution in [2.75, 3.05) is 0 Å². The highest BCUT2D eigenvalue weighted by molar-refractivity contribution is 5.79. The molecule has 2 rings (SSSR count). The molecular weight excluding hydrogens is 212 g/mol. The molecule has 90 valence electrons. The lowest BCUT2D eigenvalue weighted by atomic mass is 9.74. The fraction of sp³-hybridized carbons (Fsp3) is 0.400. The van der Waals surface area contributed by atoms with Gasteiger partial charge in [0.1, 0.15) is 5.75 Å². The molecule has 1 atom stereocenters. The van der Waals surface area contributed by atoms with Gasteiger partial charge in [0.2, 0.25) is 0 Å². The van der Waals surface area contributed by atoms with E-state index in [1.54, 1.807) is 0 Å². The minimum atomic E-state index is -0.167. The average Bonchev–Trinajstić information content (AvgIpc) is 2.27. The van der Waals surface area contributed by atoms with E-state index in [4.69, 9.17) is 4.74 Å². The number of allylic oxidation sites excluding steroid dienone is 2. The summed E-state index contributed by atoms with van der Waals surface area (Å²) in [6.45, 7) is 6.13. The molecule has 1 aromatic rings. The van der Waals surface area contributed by atoms with Crippen molar-refractivity contribution in [3.8, 4) is 5.75 Å². The summed E-state index contributed by atoms with van der Waals surface area (Å²) >= 11 is 0. The summed E-state index contributed by atoms with van der Waals surface area (Å²) in [5.41, 5.74) is 0.953. The van der Waals surface area contributed by atoms with E-state index in [1.807, 2.05) is 37.3 Å². The monoisotopic (exact) mass is 230 g/mol. The van der Waals surface area contributed by atoms with Crippen molar-refractivity contribution in [1.29, 1.82) is 0 Å². The number of fused-ring (bicyclic) bond motifs is 1. The van der Waals surface area contributed by atoms with Crippen molar-refractivity contribution in [2.24, 2.45) is 11.3 Å². The van der Waals surface area contributed by atoms with E-state index in [0.29, 0.717) is 5.75 Å². The van der Waals surface area contributed by atoms with Crippen LogP contribution < -0.4 is 4.74 Å². The summed E-state index contributed by atoms with van der Waals surface area (Å²) in [6, 6.07) is 7.76. The van der Waals surface area contributed by atoms with Crippen molar-refractivity contribution in [3.05, 3.63) is 42.0 Å². The standard InChI is InChI=1S/C15H18O2/c1-4-9-15(2,3)12-10-11-7-5-6-8-13(11)17-14(12)16/h4-9,12H,10H2,1-3H3. The van der Waals surface area contributed by atoms with Gasteiger partial charge in [0.05, 0.1) is 5.92 Å². The van der Waals surface area contributed by atoms with Crippen molar-refractivity contribution >= 4 is 5.97 Å². The molecule has 0 aromatic heterocycles. The quantitative estimate of drug-likeness (QED) is 0.442. The zero-order valence-electron chi connectivity index (χ0n) is 10.6. The summed E-state index contributed by atoms with van der Waals surface area (Å²) in [5, 5.41) is 0. The summed E-state index contributed by atoms with van der Waals surface area (Å²) in [5.74, 6) is 0.491. The van der Waals surface area contributed by atoms with Crippen LogP contribution in [0.5, 0.6) is 5.75 Å². The van der Waals surface area contributed by atoms with Gasteiger partial charge in [-0.1, -0.05) is 44.2 Å². The lowest BCUT2D eigenvalue weighted by Crippen LogP contribution is -2.37. The van der Waals surface area contributed by atoms with Gasteiger partial charge in [-0.25, -0.2) is 0 Å². The summed E-state index contributed by atoms with van der Waals surface area (Å²) in [4.78, 5) is 12.0. The third-order valence-electron chi connectivity index (χ3n) is 3.39. The van der Waals surface area contributed by atoms with E-state index >= 15 is 0 Å². The second kappa shape index (κ2) is 4.36. The van der Waals surface area contributed by atoms with Crippen LogP contribution in [0.15, 0.2) is 36.4 Å². The number of ether oxygens (including phenoxy) is 1. The van der Waals surface area contributed by atoms with Gasteiger partial charge in [-0.05, 0) is 30.4 Å². The fourth-order valence-corrected chi connectivity index (χ4v) is 2.37. The maximum Gasteiger partial charge on any atom is 0.315 e. The highest BCUT2D eigenvalue weighted by Gasteiger charge is 2.38. The second-order valence-corrected chi connectivity index (χ2v) is 5.11. The third kappa shape index (κ3) is 2.26. The van der Waals surface area contributed by atoms with E-state index in [-0.39, 0.29) is 17.3 Å². The lowest BCUT2D eigenvalue weighted by Gasteiger charge is -2.33. The van der Waals surface area contributed by atoms with Crippen LogP contribution >= 0.6 is 0 Å². The highest BCUT2D eigenvalue weighted by atomic mass is 16.5. The molecule has 1 aliphatic rings. The molecule has 0 saturated carbocycles. The van der Waals surface area contributed by atoms with Gasteiger partial charge in [-0.2, -0.15) is 0 Å². The molecule has 0 bridgehead atoms. The fourth-order valence-electron chi connectivity index (χ4n) is 2.37. The Balaban J connectivity index is 2.32. The van der Waals surface area contributed by atoms with Crippen molar-refractivity contribution in [3.63, 3.8) is 0 Å². The number of carbonyl (C=O) groups excluding carboxylic acids is 1. The number of esters is 1. The van der Waals surface area contributed by atoms with Crippen molar-refractivity contribution < 1.29 is 9.53 Å². The number of hydrogen-bond donors (Lipinski definition) is 0. The Kier molecular flexibility index (Phi) is 3.05. The summed E-state index contributed by atoms with van der Waals surface area (Å²) < 4.78 is 5.40. The van der Waals surface area contributed by atoms with Crippen LogP contribution in [0.25, 0.3) is 0 Å². The first-order valence-corrected chi connectivity index (χ1v) is 5.98. The zero-order valence-corrected chi connectivity index (χ0v) is 10.6. The SMILES string of the molecule is CC=CC(C)(C)C1Cc2ccccc2OC1=O. The molecule has 1 aliphatic heterocycles. The van der Waals surface area contributed by atoms with Crippen LogP contribution in [-0.4, -0.2) is 5.97 Å². The molecule has 0 amide bonds. The Hall–Kier alpha value is -1.57. The van der Waals surface area contributed by atoms with Crippen LogP contribution in [0.4, 0.5) is 0 Å². The number of rotatable bonds is 2. The predicted octanol–water partition coefficient (Wildman–Crippen LogP) is 3.37. The van der Waals surface area contributed by atoms with Crippen LogP contribution in [0.2, 0.25) is 0 Å². The van der Waals surface area contributed by atoms with Crippen LogP contribution in [0.3, 0.4) is 0 Å². The maximum atomic E-state index is 12.0. The van der Waals surface area contributed by atoms with Gasteiger partial charge in [-0.15, -0.1) is 0 Å². The first kappa shape index (κ1) is 11.9. The molecule has 0 aliphatic carbocycles. The largest absolute Gasteiger partial charge is 0.426 e. The molecule has 0 saturated heterocycles. The summed E-state index contributed by atoms with van der Waals surface area (Å²) in [6.07, 6.45) is 4.83. The van der Waals surface area contributed by atoms with E-state index in [9.17, 15) is 4.79 Å². The topological polar surface area (TPSA) is 26.3 Å². The van der Waals surface area contributed by atoms with Gasteiger partial charge in [-0.3, -0.25) is 4.79 Å². The molecule has 0 N–H and O–H groups in total. The van der Waals surface area contributed by atoms with Crippen LogP contribution in [0, 0.1) is 11.3 Å². The molecule has 0 radical (unpaired) electrons. The molecule has 17 heavy (non-hydrogen) atoms. The molecule has 1 aromatic carbocycles. The summed E-state index contributed by atoms with van der Waals surface area (Å²) in [7, 11) is 0. The van der Waals surface area contributed by atoms with Gasteiger partial charge in [0.15, 0.2) is 0 Å². The number of hydrogen-bond acceptors (Lipinski definition) is 2. The first-order valence-electron chi connectivity index (χ1n) is 5.98. The first-order chi connectivity index (χ1) is 8.04. The Morgan fingerprint density at radius 1 is 1.35 bits per heavy atom. The van der Waals surface area contributed by atoms with Gasteiger partial charge in [0, 0.05) is 0 Å². The second-order valence-electron chi connectivity index (χ2n) is 5.11. The highest BCUT2D eigenvalue weighted by Crippen LogP contribution is 2.38. The predicted molar refractivity (Wildman–Crippen MR) is 67.9 cm³/mol. The van der Waals surface area contributed by atoms with E-state index in [0.717, 1.165) is 12.0 Å². The van der Waals surface area contributed by atoms with Gasteiger partial charge < -0.3 is 4.74 Å². The molecule has 0 spiro atoms. The third-order valence-corrected chi connectivity index (χ3v) is 3.39. The molecule has 2 nitrogen and oxygen atoms in total.